The number of hydrogen-bond donors (Lipinski definition) is 4. The van der Waals surface area contributed by atoms with Crippen LogP contribution in [0.5, 0.6) is 0 Å². The lowest BCUT2D eigenvalue weighted by Crippen LogP contribution is -2.35. The highest BCUT2D eigenvalue weighted by Gasteiger charge is 2.48. The van der Waals surface area contributed by atoms with Crippen molar-refractivity contribution in [3.05, 3.63) is 59.4 Å². The second-order valence-corrected chi connectivity index (χ2v) is 8.75. The van der Waals surface area contributed by atoms with Crippen molar-refractivity contribution in [2.24, 2.45) is 5.73 Å². The van der Waals surface area contributed by atoms with Gasteiger partial charge >= 0.3 is 0 Å². The van der Waals surface area contributed by atoms with E-state index in [-0.39, 0.29) is 23.7 Å². The Kier molecular flexibility index (Phi) is 5.52. The highest BCUT2D eigenvalue weighted by Crippen LogP contribution is 2.35. The molecule has 4 heterocycles. The second kappa shape index (κ2) is 8.57. The number of likely N-dealkylation sites (N-methyl/N-ethyl adjacent to an activating group) is 1. The molecule has 2 amide bonds. The Hall–Kier alpha value is -4.58. The van der Waals surface area contributed by atoms with Crippen molar-refractivity contribution in [2.75, 3.05) is 18.9 Å². The molecule has 0 radical (unpaired) electrons. The van der Waals surface area contributed by atoms with Crippen LogP contribution in [0.3, 0.4) is 0 Å². The van der Waals surface area contributed by atoms with Gasteiger partial charge in [0.1, 0.15) is 5.69 Å². The Bertz CT molecular complexity index is 1470. The fourth-order valence-electron chi connectivity index (χ4n) is 4.18. The maximum atomic E-state index is 12.4. The molecular formula is C24H24N8O4. The van der Waals surface area contributed by atoms with E-state index in [2.05, 4.69) is 30.6 Å². The van der Waals surface area contributed by atoms with Crippen LogP contribution in [0.1, 0.15) is 34.1 Å². The van der Waals surface area contributed by atoms with Crippen molar-refractivity contribution in [3.8, 4) is 22.6 Å². The number of benzene rings is 1. The average Bonchev–Trinajstić information content (AvgIpc) is 3.56. The third-order valence-corrected chi connectivity index (χ3v) is 6.25. The van der Waals surface area contributed by atoms with Gasteiger partial charge in [0, 0.05) is 37.2 Å². The van der Waals surface area contributed by atoms with E-state index in [4.69, 9.17) is 10.3 Å². The molecule has 1 saturated heterocycles. The van der Waals surface area contributed by atoms with Gasteiger partial charge in [-0.3, -0.25) is 14.7 Å². The number of amides is 2. The lowest BCUT2D eigenvalue weighted by molar-refractivity contribution is -0.144. The summed E-state index contributed by atoms with van der Waals surface area (Å²) in [6.07, 6.45) is 1.71. The fraction of sp³-hybridized carbons (Fsp3) is 0.250. The topological polar surface area (TPSA) is 176 Å². The van der Waals surface area contributed by atoms with Crippen LogP contribution in [-0.2, 0) is 10.4 Å². The number of aliphatic hydroxyl groups is 1. The Balaban J connectivity index is 1.46. The first-order chi connectivity index (χ1) is 17.2. The van der Waals surface area contributed by atoms with Crippen molar-refractivity contribution in [2.45, 2.75) is 25.9 Å². The molecule has 3 aromatic heterocycles. The number of nitrogens with two attached hydrogens (primary N) is 1. The number of nitrogens with one attached hydrogen (secondary N) is 2. The van der Waals surface area contributed by atoms with Crippen molar-refractivity contribution < 1.29 is 19.2 Å². The van der Waals surface area contributed by atoms with Gasteiger partial charge in [-0.1, -0.05) is 23.4 Å². The van der Waals surface area contributed by atoms with Crippen LogP contribution in [0.2, 0.25) is 0 Å². The highest BCUT2D eigenvalue weighted by molar-refractivity contribution is 5.97. The zero-order valence-electron chi connectivity index (χ0n) is 19.9. The summed E-state index contributed by atoms with van der Waals surface area (Å²) >= 11 is 0. The minimum absolute atomic E-state index is 0.0280. The number of H-pyrrole nitrogens is 1. The van der Waals surface area contributed by atoms with Gasteiger partial charge in [0.25, 0.3) is 11.8 Å². The van der Waals surface area contributed by atoms with Crippen LogP contribution in [0.4, 0.5) is 11.4 Å². The van der Waals surface area contributed by atoms with Gasteiger partial charge < -0.3 is 25.6 Å². The van der Waals surface area contributed by atoms with E-state index in [1.165, 1.54) is 11.1 Å². The van der Waals surface area contributed by atoms with E-state index >= 15 is 0 Å². The van der Waals surface area contributed by atoms with Crippen LogP contribution in [0, 0.1) is 13.8 Å². The Morgan fingerprint density at radius 2 is 2.06 bits per heavy atom. The molecule has 5 rings (SSSR count). The smallest absolute Gasteiger partial charge is 0.269 e. The molecule has 0 saturated carbocycles. The number of primary amides is 1. The maximum Gasteiger partial charge on any atom is 0.269 e. The number of aromatic nitrogens is 5. The minimum atomic E-state index is -1.73. The molecule has 1 fully saturated rings. The first-order valence-corrected chi connectivity index (χ1v) is 11.2. The maximum absolute atomic E-state index is 12.4. The number of hydrogen-bond acceptors (Lipinski definition) is 9. The van der Waals surface area contributed by atoms with Crippen LogP contribution >= 0.6 is 0 Å². The molecule has 1 aliphatic rings. The van der Waals surface area contributed by atoms with Crippen molar-refractivity contribution in [1.29, 1.82) is 0 Å². The Labute approximate surface area is 205 Å². The van der Waals surface area contributed by atoms with E-state index in [0.717, 1.165) is 11.4 Å². The summed E-state index contributed by atoms with van der Waals surface area (Å²) in [4.78, 5) is 34.8. The van der Waals surface area contributed by atoms with Gasteiger partial charge in [-0.25, -0.2) is 9.97 Å². The normalized spacial score (nSPS) is 17.6. The lowest BCUT2D eigenvalue weighted by atomic mass is 9.98. The first-order valence-electron chi connectivity index (χ1n) is 11.2. The Morgan fingerprint density at radius 1 is 1.28 bits per heavy atom. The van der Waals surface area contributed by atoms with Gasteiger partial charge in [0.2, 0.25) is 5.60 Å². The molecule has 4 aromatic rings. The number of carbonyl (C=O) groups excluding carboxylic acids is 2. The number of aromatic amines is 1. The van der Waals surface area contributed by atoms with Crippen molar-refractivity contribution >= 4 is 23.2 Å². The molecule has 0 unspecified atom stereocenters. The summed E-state index contributed by atoms with van der Waals surface area (Å²) in [7, 11) is 1.62. The molecule has 12 heteroatoms. The minimum Gasteiger partial charge on any atom is -0.373 e. The largest absolute Gasteiger partial charge is 0.373 e. The summed E-state index contributed by atoms with van der Waals surface area (Å²) in [5, 5.41) is 25.0. The quantitative estimate of drug-likeness (QED) is 0.316. The summed E-state index contributed by atoms with van der Waals surface area (Å²) in [6, 6.07) is 8.68. The predicted molar refractivity (Wildman–Crippen MR) is 129 cm³/mol. The van der Waals surface area contributed by atoms with Gasteiger partial charge in [-0.05, 0) is 19.9 Å². The number of carbonyl (C=O) groups is 2. The molecule has 184 valence electrons. The number of aryl methyl sites for hydroxylation is 2. The third kappa shape index (κ3) is 3.86. The monoisotopic (exact) mass is 488 g/mol. The molecule has 1 aliphatic heterocycles. The molecule has 12 nitrogen and oxygen atoms in total. The second-order valence-electron chi connectivity index (χ2n) is 8.75. The summed E-state index contributed by atoms with van der Waals surface area (Å²) in [5.41, 5.74) is 8.20. The van der Waals surface area contributed by atoms with Crippen molar-refractivity contribution in [3.63, 3.8) is 0 Å². The van der Waals surface area contributed by atoms with Crippen LogP contribution in [0.25, 0.3) is 22.6 Å². The average molecular weight is 489 g/mol. The number of rotatable bonds is 6. The summed E-state index contributed by atoms with van der Waals surface area (Å²) in [5.74, 6) is -0.769. The Morgan fingerprint density at radius 3 is 2.72 bits per heavy atom. The zero-order chi connectivity index (χ0) is 25.6. The third-order valence-electron chi connectivity index (χ3n) is 6.25. The van der Waals surface area contributed by atoms with E-state index < -0.39 is 17.4 Å². The van der Waals surface area contributed by atoms with Crippen LogP contribution in [0.15, 0.2) is 41.1 Å². The first kappa shape index (κ1) is 23.2. The van der Waals surface area contributed by atoms with E-state index in [9.17, 15) is 14.7 Å². The molecule has 0 bridgehead atoms. The fourth-order valence-corrected chi connectivity index (χ4v) is 4.18. The van der Waals surface area contributed by atoms with Gasteiger partial charge in [-0.2, -0.15) is 5.10 Å². The van der Waals surface area contributed by atoms with Crippen LogP contribution in [-0.4, -0.2) is 60.7 Å². The number of nitrogens with zero attached hydrogens (tertiary/aromatic N) is 5. The molecule has 5 N–H and O–H groups in total. The van der Waals surface area contributed by atoms with E-state index in [0.29, 0.717) is 34.7 Å². The molecule has 36 heavy (non-hydrogen) atoms. The SMILES string of the molecule is Cc1n[nH]c(C)c1Nc1cnc(-c2cccc(-c3cc([C@]4(O)CCN(C)C4=O)on3)c2)nc1C(N)=O. The van der Waals surface area contributed by atoms with E-state index in [1.54, 1.807) is 37.4 Å². The van der Waals surface area contributed by atoms with Crippen LogP contribution < -0.4 is 11.1 Å². The molecule has 0 spiro atoms. The molecule has 0 aliphatic carbocycles. The zero-order valence-corrected chi connectivity index (χ0v) is 19.9. The molecule has 1 aromatic carbocycles. The lowest BCUT2D eigenvalue weighted by Gasteiger charge is -2.16. The van der Waals surface area contributed by atoms with Gasteiger partial charge in [0.15, 0.2) is 17.3 Å². The number of likely N-dealkylation sites (tertiary alicyclic amines) is 1. The summed E-state index contributed by atoms with van der Waals surface area (Å²) < 4.78 is 5.35. The highest BCUT2D eigenvalue weighted by atomic mass is 16.5. The van der Waals surface area contributed by atoms with Crippen molar-refractivity contribution in [1.82, 2.24) is 30.2 Å². The number of anilines is 2. The van der Waals surface area contributed by atoms with Gasteiger partial charge in [-0.15, -0.1) is 0 Å². The molecule has 1 atom stereocenters. The summed E-state index contributed by atoms with van der Waals surface area (Å²) in [6.45, 7) is 4.10. The van der Waals surface area contributed by atoms with E-state index in [1.807, 2.05) is 13.8 Å². The molecular weight excluding hydrogens is 464 g/mol. The standard InChI is InChI=1S/C24H24N8O4/c1-12-19(13(2)30-29-12)27-17-11-26-22(28-20(17)21(25)33)15-6-4-5-14(9-15)16-10-18(36-31-16)24(35)7-8-32(3)23(24)34/h4-6,9-11,27,35H,7-8H2,1-3H3,(H2,25,33)(H,29,30)/t24-/m1/s1. The predicted octanol–water partition coefficient (Wildman–Crippen LogP) is 2.03. The van der Waals surface area contributed by atoms with Gasteiger partial charge in [0.05, 0.1) is 29.0 Å².